The number of carbonyl (C=O) groups excluding carboxylic acids is 3. The normalized spacial score (nSPS) is 12.7. The lowest BCUT2D eigenvalue weighted by atomic mass is 10.1. The number of amides is 3. The second-order valence-electron chi connectivity index (χ2n) is 5.73. The number of halogens is 1. The number of aromatic carboxylic acids is 1. The minimum absolute atomic E-state index is 0.0580. The summed E-state index contributed by atoms with van der Waals surface area (Å²) in [7, 11) is 0. The Balaban J connectivity index is 1.81. The van der Waals surface area contributed by atoms with Gasteiger partial charge in [-0.15, -0.1) is 0 Å². The molecule has 1 heterocycles. The van der Waals surface area contributed by atoms with E-state index >= 15 is 0 Å². The van der Waals surface area contributed by atoms with Gasteiger partial charge in [0.1, 0.15) is 6.54 Å². The predicted molar refractivity (Wildman–Crippen MR) is 95.5 cm³/mol. The molecule has 0 saturated carbocycles. The maximum Gasteiger partial charge on any atom is 0.337 e. The van der Waals surface area contributed by atoms with E-state index in [0.717, 1.165) is 18.2 Å². The molecule has 0 atom stereocenters. The molecule has 3 amide bonds. The molecule has 1 aliphatic rings. The quantitative estimate of drug-likeness (QED) is 0.441. The minimum atomic E-state index is -1.31. The van der Waals surface area contributed by atoms with Gasteiger partial charge in [0.15, 0.2) is 0 Å². The molecular formula is C17H10ClN3O7. The average Bonchev–Trinajstić information content (AvgIpc) is 2.86. The Labute approximate surface area is 161 Å². The Morgan fingerprint density at radius 3 is 2.43 bits per heavy atom. The van der Waals surface area contributed by atoms with Crippen molar-refractivity contribution in [2.24, 2.45) is 0 Å². The smallest absolute Gasteiger partial charge is 0.337 e. The van der Waals surface area contributed by atoms with E-state index in [1.807, 2.05) is 0 Å². The van der Waals surface area contributed by atoms with Crippen LogP contribution in [0.3, 0.4) is 0 Å². The number of hydrogen-bond acceptors (Lipinski definition) is 6. The molecule has 2 aromatic carbocycles. The molecule has 2 aromatic rings. The van der Waals surface area contributed by atoms with Gasteiger partial charge in [-0.2, -0.15) is 0 Å². The first-order valence-electron chi connectivity index (χ1n) is 7.66. The summed E-state index contributed by atoms with van der Waals surface area (Å²) in [5, 5.41) is 22.5. The number of non-ortho nitro benzene ring substituents is 1. The van der Waals surface area contributed by atoms with Gasteiger partial charge in [-0.05, 0) is 24.3 Å². The van der Waals surface area contributed by atoms with Crippen molar-refractivity contribution < 1.29 is 29.2 Å². The first-order valence-corrected chi connectivity index (χ1v) is 8.04. The summed E-state index contributed by atoms with van der Waals surface area (Å²) in [6, 6.07) is 6.94. The molecule has 142 valence electrons. The Morgan fingerprint density at radius 2 is 1.79 bits per heavy atom. The van der Waals surface area contributed by atoms with Gasteiger partial charge in [-0.3, -0.25) is 29.4 Å². The largest absolute Gasteiger partial charge is 0.478 e. The van der Waals surface area contributed by atoms with Gasteiger partial charge in [0, 0.05) is 17.2 Å². The van der Waals surface area contributed by atoms with Crippen LogP contribution in [0.5, 0.6) is 0 Å². The Morgan fingerprint density at radius 1 is 1.11 bits per heavy atom. The van der Waals surface area contributed by atoms with Crippen LogP contribution < -0.4 is 5.32 Å². The van der Waals surface area contributed by atoms with Crippen molar-refractivity contribution in [2.45, 2.75) is 0 Å². The Bertz CT molecular complexity index is 1070. The van der Waals surface area contributed by atoms with Crippen molar-refractivity contribution in [3.05, 3.63) is 68.2 Å². The number of carboxylic acid groups (broad SMARTS) is 1. The number of nitro groups is 1. The van der Waals surface area contributed by atoms with Crippen molar-refractivity contribution in [3.63, 3.8) is 0 Å². The number of hydrogen-bond donors (Lipinski definition) is 2. The molecule has 0 aliphatic carbocycles. The summed E-state index contributed by atoms with van der Waals surface area (Å²) >= 11 is 5.80. The second-order valence-corrected chi connectivity index (χ2v) is 6.16. The van der Waals surface area contributed by atoms with E-state index < -0.39 is 35.2 Å². The van der Waals surface area contributed by atoms with Crippen molar-refractivity contribution in [2.75, 3.05) is 11.9 Å². The van der Waals surface area contributed by atoms with Crippen LogP contribution in [-0.4, -0.2) is 45.2 Å². The van der Waals surface area contributed by atoms with Gasteiger partial charge < -0.3 is 10.4 Å². The molecule has 11 heteroatoms. The van der Waals surface area contributed by atoms with Crippen LogP contribution in [0, 0.1) is 10.1 Å². The zero-order valence-electron chi connectivity index (χ0n) is 13.8. The number of anilines is 1. The SMILES string of the molecule is O=C(CN1C(=O)c2ccc([N+](=O)[O-])cc2C1=O)Nc1cc(Cl)ccc1C(=O)O. The van der Waals surface area contributed by atoms with Gasteiger partial charge in [0.25, 0.3) is 17.5 Å². The molecule has 0 aromatic heterocycles. The van der Waals surface area contributed by atoms with E-state index in [2.05, 4.69) is 5.32 Å². The monoisotopic (exact) mass is 403 g/mol. The first-order chi connectivity index (χ1) is 13.2. The molecule has 1 aliphatic heterocycles. The van der Waals surface area contributed by atoms with Gasteiger partial charge in [0.2, 0.25) is 5.91 Å². The number of carboxylic acids is 1. The molecule has 28 heavy (non-hydrogen) atoms. The summed E-state index contributed by atoms with van der Waals surface area (Å²) in [4.78, 5) is 59.0. The van der Waals surface area contributed by atoms with Crippen LogP contribution in [0.4, 0.5) is 11.4 Å². The third kappa shape index (κ3) is 3.40. The molecule has 0 radical (unpaired) electrons. The lowest BCUT2D eigenvalue weighted by Crippen LogP contribution is -2.37. The number of fused-ring (bicyclic) bond motifs is 1. The molecule has 0 spiro atoms. The predicted octanol–water partition coefficient (Wildman–Crippen LogP) is 2.18. The molecule has 3 rings (SSSR count). The zero-order valence-corrected chi connectivity index (χ0v) is 14.6. The lowest BCUT2D eigenvalue weighted by Gasteiger charge is -2.14. The average molecular weight is 404 g/mol. The number of nitro benzene ring substituents is 1. The number of nitrogens with zero attached hydrogens (tertiary/aromatic N) is 2. The molecule has 0 unspecified atom stereocenters. The van der Waals surface area contributed by atoms with Crippen LogP contribution in [0.15, 0.2) is 36.4 Å². The van der Waals surface area contributed by atoms with Crippen molar-refractivity contribution in [1.82, 2.24) is 4.90 Å². The molecule has 0 bridgehead atoms. The highest BCUT2D eigenvalue weighted by molar-refractivity contribution is 6.31. The van der Waals surface area contributed by atoms with E-state index in [0.29, 0.717) is 4.90 Å². The minimum Gasteiger partial charge on any atom is -0.478 e. The number of imide groups is 1. The first kappa shape index (κ1) is 19.0. The van der Waals surface area contributed by atoms with Crippen molar-refractivity contribution in [1.29, 1.82) is 0 Å². The highest BCUT2D eigenvalue weighted by atomic mass is 35.5. The summed E-state index contributed by atoms with van der Waals surface area (Å²) < 4.78 is 0. The maximum absolute atomic E-state index is 12.4. The van der Waals surface area contributed by atoms with Gasteiger partial charge in [0.05, 0.1) is 27.3 Å². The van der Waals surface area contributed by atoms with Gasteiger partial charge in [-0.1, -0.05) is 11.6 Å². The lowest BCUT2D eigenvalue weighted by molar-refractivity contribution is -0.384. The topological polar surface area (TPSA) is 147 Å². The summed E-state index contributed by atoms with van der Waals surface area (Å²) in [6.07, 6.45) is 0. The van der Waals surface area contributed by atoms with E-state index in [4.69, 9.17) is 16.7 Å². The highest BCUT2D eigenvalue weighted by Crippen LogP contribution is 2.27. The highest BCUT2D eigenvalue weighted by Gasteiger charge is 2.37. The molecule has 0 saturated heterocycles. The second kappa shape index (κ2) is 7.08. The van der Waals surface area contributed by atoms with Crippen LogP contribution in [0.25, 0.3) is 0 Å². The summed E-state index contributed by atoms with van der Waals surface area (Å²) in [6.45, 7) is -0.703. The number of nitrogens with one attached hydrogen (secondary N) is 1. The maximum atomic E-state index is 12.4. The van der Waals surface area contributed by atoms with Crippen molar-refractivity contribution in [3.8, 4) is 0 Å². The number of carbonyl (C=O) groups is 4. The standard InChI is InChI=1S/C17H10ClN3O7/c18-8-1-3-11(17(25)26)13(5-8)19-14(22)7-20-15(23)10-4-2-9(21(27)28)6-12(10)16(20)24/h1-6H,7H2,(H,19,22)(H,25,26). The molecular weight excluding hydrogens is 394 g/mol. The molecule has 0 fully saturated rings. The van der Waals surface area contributed by atoms with Gasteiger partial charge in [-0.25, -0.2) is 4.79 Å². The Kier molecular flexibility index (Phi) is 4.80. The third-order valence-electron chi connectivity index (χ3n) is 3.95. The van der Waals surface area contributed by atoms with Crippen LogP contribution >= 0.6 is 11.6 Å². The van der Waals surface area contributed by atoms with Crippen LogP contribution in [-0.2, 0) is 4.79 Å². The summed E-state index contributed by atoms with van der Waals surface area (Å²) in [5.41, 5.74) is -0.928. The van der Waals surface area contributed by atoms with Crippen LogP contribution in [0.2, 0.25) is 5.02 Å². The fourth-order valence-corrected chi connectivity index (χ4v) is 2.85. The number of rotatable bonds is 5. The molecule has 2 N–H and O–H groups in total. The fourth-order valence-electron chi connectivity index (χ4n) is 2.68. The van der Waals surface area contributed by atoms with E-state index in [-0.39, 0.29) is 33.1 Å². The Hall–Kier alpha value is -3.79. The molecule has 10 nitrogen and oxygen atoms in total. The van der Waals surface area contributed by atoms with Gasteiger partial charge >= 0.3 is 5.97 Å². The fraction of sp³-hybridized carbons (Fsp3) is 0.0588. The van der Waals surface area contributed by atoms with Crippen molar-refractivity contribution >= 4 is 46.7 Å². The van der Waals surface area contributed by atoms with E-state index in [1.54, 1.807) is 0 Å². The van der Waals surface area contributed by atoms with E-state index in [1.165, 1.54) is 18.2 Å². The van der Waals surface area contributed by atoms with Crippen LogP contribution in [0.1, 0.15) is 31.1 Å². The third-order valence-corrected chi connectivity index (χ3v) is 4.19. The number of benzene rings is 2. The van der Waals surface area contributed by atoms with E-state index in [9.17, 15) is 29.3 Å². The summed E-state index contributed by atoms with van der Waals surface area (Å²) in [5.74, 6) is -3.79. The zero-order chi connectivity index (χ0) is 20.6.